The maximum Gasteiger partial charge on any atom is 0.0726 e. The number of nitrogens with zero attached hydrogens (tertiary/aromatic N) is 1. The van der Waals surface area contributed by atoms with Crippen molar-refractivity contribution in [3.63, 3.8) is 0 Å². The molecule has 0 radical (unpaired) electrons. The molecule has 1 atom stereocenters. The fourth-order valence-corrected chi connectivity index (χ4v) is 11.5. The van der Waals surface area contributed by atoms with Crippen molar-refractivity contribution >= 4 is 27.8 Å². The van der Waals surface area contributed by atoms with E-state index >= 15 is 0 Å². The fourth-order valence-electron chi connectivity index (χ4n) is 11.5. The van der Waals surface area contributed by atoms with E-state index in [1.807, 2.05) is 0 Å². The van der Waals surface area contributed by atoms with E-state index in [0.29, 0.717) is 0 Å². The summed E-state index contributed by atoms with van der Waals surface area (Å²) < 4.78 is 0. The summed E-state index contributed by atoms with van der Waals surface area (Å²) in [5.74, 6) is 0. The number of hydrogen-bond acceptors (Lipinski definition) is 1. The third-order valence-corrected chi connectivity index (χ3v) is 13.8. The van der Waals surface area contributed by atoms with Gasteiger partial charge < -0.3 is 4.90 Å². The highest BCUT2D eigenvalue weighted by Crippen LogP contribution is 2.66. The van der Waals surface area contributed by atoms with E-state index in [4.69, 9.17) is 0 Å². The molecule has 0 fully saturated rings. The SMILES string of the molecule is CC1(C)c2ccccc2-c2ccc(N(c3ccccc3)c3ccc4c(c3)-c3ccccc3C43c4ccccc4-c4c3cc3c5c(cccc45)-c4ccccc4-3)cc21. The van der Waals surface area contributed by atoms with Crippen LogP contribution in [0.5, 0.6) is 0 Å². The molecule has 1 heteroatoms. The quantitative estimate of drug-likeness (QED) is 0.175. The summed E-state index contributed by atoms with van der Waals surface area (Å²) in [5, 5.41) is 2.73. The lowest BCUT2D eigenvalue weighted by Crippen LogP contribution is -2.26. The Morgan fingerprint density at radius 3 is 1.63 bits per heavy atom. The lowest BCUT2D eigenvalue weighted by Gasteiger charge is -2.32. The first-order valence-corrected chi connectivity index (χ1v) is 20.2. The standard InChI is InChI=1S/C56H37N/c1-55(2)47-24-11-8-19-39(47)41-29-27-36(32-51(41)55)57(34-15-4-3-5-16-34)35-28-30-50-45(31-35)40-20-9-12-25-48(40)56(50)49-26-13-10-21-43(49)54-44-23-14-22-42-37-17-6-7-18-38(37)46(53(42)44)33-52(54)56/h3-33H,1-2H3. The van der Waals surface area contributed by atoms with E-state index in [-0.39, 0.29) is 5.41 Å². The molecule has 4 aliphatic rings. The largest absolute Gasteiger partial charge is 0.310 e. The van der Waals surface area contributed by atoms with Crippen molar-refractivity contribution in [2.24, 2.45) is 0 Å². The van der Waals surface area contributed by atoms with Gasteiger partial charge in [-0.2, -0.15) is 0 Å². The zero-order valence-electron chi connectivity index (χ0n) is 31.8. The monoisotopic (exact) mass is 723 g/mol. The maximum atomic E-state index is 2.56. The molecular weight excluding hydrogens is 687 g/mol. The predicted octanol–water partition coefficient (Wildman–Crippen LogP) is 14.6. The third-order valence-electron chi connectivity index (χ3n) is 13.8. The number of anilines is 3. The van der Waals surface area contributed by atoms with Gasteiger partial charge >= 0.3 is 0 Å². The van der Waals surface area contributed by atoms with Crippen LogP contribution < -0.4 is 4.90 Å². The van der Waals surface area contributed by atoms with Crippen LogP contribution in [0.15, 0.2) is 188 Å². The molecule has 9 aromatic rings. The molecule has 57 heavy (non-hydrogen) atoms. The van der Waals surface area contributed by atoms with Crippen molar-refractivity contribution in [1.29, 1.82) is 0 Å². The van der Waals surface area contributed by atoms with Crippen LogP contribution in [0.4, 0.5) is 17.1 Å². The first-order valence-electron chi connectivity index (χ1n) is 20.2. The van der Waals surface area contributed by atoms with Crippen LogP contribution in [0.25, 0.3) is 66.4 Å². The molecular formula is C56H37N. The van der Waals surface area contributed by atoms with Crippen molar-refractivity contribution < 1.29 is 0 Å². The van der Waals surface area contributed by atoms with Crippen LogP contribution in [-0.2, 0) is 10.8 Å². The van der Waals surface area contributed by atoms with E-state index < -0.39 is 5.41 Å². The Morgan fingerprint density at radius 2 is 0.860 bits per heavy atom. The number of para-hydroxylation sites is 1. The predicted molar refractivity (Wildman–Crippen MR) is 237 cm³/mol. The highest BCUT2D eigenvalue weighted by Gasteiger charge is 2.52. The van der Waals surface area contributed by atoms with Gasteiger partial charge in [0.1, 0.15) is 0 Å². The average molecular weight is 724 g/mol. The Labute approximate surface area is 333 Å². The number of benzene rings is 9. The first-order chi connectivity index (χ1) is 28.0. The summed E-state index contributed by atoms with van der Waals surface area (Å²) in [6.07, 6.45) is 0. The Morgan fingerprint density at radius 1 is 0.316 bits per heavy atom. The molecule has 9 aromatic carbocycles. The second kappa shape index (κ2) is 10.9. The smallest absolute Gasteiger partial charge is 0.0726 e. The van der Waals surface area contributed by atoms with Gasteiger partial charge in [-0.3, -0.25) is 0 Å². The van der Waals surface area contributed by atoms with Gasteiger partial charge in [0, 0.05) is 22.5 Å². The van der Waals surface area contributed by atoms with Crippen molar-refractivity contribution in [2.75, 3.05) is 4.90 Å². The molecule has 4 aliphatic carbocycles. The normalized spacial score (nSPS) is 16.5. The summed E-state index contributed by atoms with van der Waals surface area (Å²) >= 11 is 0. The summed E-state index contributed by atoms with van der Waals surface area (Å²) in [6, 6.07) is 71.1. The third kappa shape index (κ3) is 3.80. The second-order valence-corrected chi connectivity index (χ2v) is 16.8. The van der Waals surface area contributed by atoms with Crippen LogP contribution >= 0.6 is 0 Å². The summed E-state index contributed by atoms with van der Waals surface area (Å²) in [7, 11) is 0. The number of fused-ring (bicyclic) bond motifs is 17. The van der Waals surface area contributed by atoms with Crippen molar-refractivity contribution in [3.8, 4) is 55.6 Å². The zero-order chi connectivity index (χ0) is 37.6. The van der Waals surface area contributed by atoms with E-state index in [1.54, 1.807) is 0 Å². The van der Waals surface area contributed by atoms with E-state index in [0.717, 1.165) is 11.4 Å². The molecule has 0 N–H and O–H groups in total. The topological polar surface area (TPSA) is 3.24 Å². The average Bonchev–Trinajstić information content (AvgIpc) is 3.93. The van der Waals surface area contributed by atoms with E-state index in [9.17, 15) is 0 Å². The second-order valence-electron chi connectivity index (χ2n) is 16.8. The highest BCUT2D eigenvalue weighted by atomic mass is 15.1. The van der Waals surface area contributed by atoms with E-state index in [2.05, 4.69) is 207 Å². The molecule has 1 spiro atoms. The molecule has 0 heterocycles. The molecule has 266 valence electrons. The number of hydrogen-bond donors (Lipinski definition) is 0. The lowest BCUT2D eigenvalue weighted by molar-refractivity contribution is 0.660. The van der Waals surface area contributed by atoms with Crippen molar-refractivity contribution in [2.45, 2.75) is 24.7 Å². The van der Waals surface area contributed by atoms with Gasteiger partial charge in [-0.15, -0.1) is 0 Å². The van der Waals surface area contributed by atoms with Gasteiger partial charge in [-0.1, -0.05) is 159 Å². The van der Waals surface area contributed by atoms with Crippen molar-refractivity contribution in [1.82, 2.24) is 0 Å². The molecule has 0 amide bonds. The van der Waals surface area contributed by atoms with Crippen LogP contribution in [-0.4, -0.2) is 0 Å². The molecule has 0 bridgehead atoms. The molecule has 0 saturated heterocycles. The Bertz CT molecular complexity index is 3220. The van der Waals surface area contributed by atoms with Gasteiger partial charge in [0.15, 0.2) is 0 Å². The molecule has 0 saturated carbocycles. The van der Waals surface area contributed by atoms with E-state index in [1.165, 1.54) is 105 Å². The Balaban J connectivity index is 1.07. The van der Waals surface area contributed by atoms with Gasteiger partial charge in [0.2, 0.25) is 0 Å². The highest BCUT2D eigenvalue weighted by molar-refractivity contribution is 6.21. The Kier molecular flexibility index (Phi) is 5.96. The van der Waals surface area contributed by atoms with Gasteiger partial charge in [0.05, 0.1) is 5.41 Å². The zero-order valence-corrected chi connectivity index (χ0v) is 31.8. The molecule has 0 aromatic heterocycles. The van der Waals surface area contributed by atoms with Crippen LogP contribution in [0.2, 0.25) is 0 Å². The van der Waals surface area contributed by atoms with Crippen molar-refractivity contribution in [3.05, 3.63) is 221 Å². The minimum absolute atomic E-state index is 0.0947. The minimum atomic E-state index is -0.449. The summed E-state index contributed by atoms with van der Waals surface area (Å²) in [6.45, 7) is 4.73. The van der Waals surface area contributed by atoms with Gasteiger partial charge in [-0.25, -0.2) is 0 Å². The molecule has 1 nitrogen and oxygen atoms in total. The molecule has 13 rings (SSSR count). The number of rotatable bonds is 3. The van der Waals surface area contributed by atoms with Gasteiger partial charge in [-0.05, 0) is 142 Å². The van der Waals surface area contributed by atoms with Gasteiger partial charge in [0.25, 0.3) is 0 Å². The lowest BCUT2D eigenvalue weighted by atomic mass is 9.70. The Hall–Kier alpha value is -6.96. The van der Waals surface area contributed by atoms with Crippen LogP contribution in [0.3, 0.4) is 0 Å². The first kappa shape index (κ1) is 31.3. The maximum absolute atomic E-state index is 2.56. The molecule has 0 aliphatic heterocycles. The molecule has 1 unspecified atom stereocenters. The van der Waals surface area contributed by atoms with Crippen LogP contribution in [0.1, 0.15) is 47.2 Å². The summed E-state index contributed by atoms with van der Waals surface area (Å²) in [5.41, 5.74) is 24.5. The minimum Gasteiger partial charge on any atom is -0.310 e. The summed E-state index contributed by atoms with van der Waals surface area (Å²) in [4.78, 5) is 2.45. The fraction of sp³-hybridized carbons (Fsp3) is 0.0714. The van der Waals surface area contributed by atoms with Crippen LogP contribution in [0, 0.1) is 0 Å².